The normalized spacial score (nSPS) is 21.8. The van der Waals surface area contributed by atoms with Crippen molar-refractivity contribution in [3.05, 3.63) is 0 Å². The average Bonchev–Trinajstić information content (AvgIpc) is 2.73. The van der Waals surface area contributed by atoms with Crippen molar-refractivity contribution in [3.8, 4) is 0 Å². The van der Waals surface area contributed by atoms with Gasteiger partial charge in [0, 0.05) is 32.6 Å². The van der Waals surface area contributed by atoms with Crippen molar-refractivity contribution >= 4 is 15.7 Å². The van der Waals surface area contributed by atoms with Gasteiger partial charge in [0.1, 0.15) is 0 Å². The first-order chi connectivity index (χ1) is 8.85. The second-order valence-electron chi connectivity index (χ2n) is 5.24. The highest BCUT2D eigenvalue weighted by molar-refractivity contribution is 7.91. The molecule has 2 N–H and O–H groups in total. The molecule has 1 fully saturated rings. The summed E-state index contributed by atoms with van der Waals surface area (Å²) in [6.45, 7) is 1.86. The maximum absolute atomic E-state index is 11.8. The predicted octanol–water partition coefficient (Wildman–Crippen LogP) is -0.697. The predicted molar refractivity (Wildman–Crippen MR) is 75.6 cm³/mol. The van der Waals surface area contributed by atoms with E-state index in [1.54, 1.807) is 11.9 Å². The fourth-order valence-electron chi connectivity index (χ4n) is 2.22. The van der Waals surface area contributed by atoms with Crippen LogP contribution in [-0.4, -0.2) is 75.4 Å². The van der Waals surface area contributed by atoms with Crippen molar-refractivity contribution in [2.24, 2.45) is 5.73 Å². The van der Waals surface area contributed by atoms with Crippen LogP contribution in [0.4, 0.5) is 0 Å². The van der Waals surface area contributed by atoms with Gasteiger partial charge in [0.25, 0.3) is 0 Å². The lowest BCUT2D eigenvalue weighted by atomic mass is 10.2. The van der Waals surface area contributed by atoms with Gasteiger partial charge < -0.3 is 15.5 Å². The molecule has 1 amide bonds. The molecule has 0 aliphatic carbocycles. The Bertz CT molecular complexity index is 397. The summed E-state index contributed by atoms with van der Waals surface area (Å²) in [7, 11) is 0.805. The summed E-state index contributed by atoms with van der Waals surface area (Å²) in [6.07, 6.45) is 1.91. The lowest BCUT2D eigenvalue weighted by Crippen LogP contribution is -2.37. The number of amides is 1. The van der Waals surface area contributed by atoms with E-state index in [4.69, 9.17) is 5.73 Å². The van der Waals surface area contributed by atoms with Crippen LogP contribution >= 0.6 is 0 Å². The van der Waals surface area contributed by atoms with Crippen LogP contribution in [0.3, 0.4) is 0 Å². The third-order valence-electron chi connectivity index (χ3n) is 3.63. The molecule has 0 saturated carbocycles. The van der Waals surface area contributed by atoms with Crippen molar-refractivity contribution in [1.29, 1.82) is 0 Å². The lowest BCUT2D eigenvalue weighted by Gasteiger charge is -2.24. The standard InChI is InChI=1S/C12H25N3O3S/c1-14(11-5-9-19(17,18)10-11)8-4-12(16)15(2)7-3-6-13/h11H,3-10,13H2,1-2H3. The number of rotatable bonds is 7. The molecule has 19 heavy (non-hydrogen) atoms. The zero-order valence-electron chi connectivity index (χ0n) is 11.8. The second-order valence-corrected chi connectivity index (χ2v) is 7.47. The molecule has 0 aromatic heterocycles. The maximum Gasteiger partial charge on any atom is 0.223 e. The summed E-state index contributed by atoms with van der Waals surface area (Å²) < 4.78 is 22.8. The zero-order chi connectivity index (χ0) is 14.5. The van der Waals surface area contributed by atoms with Crippen molar-refractivity contribution in [2.45, 2.75) is 25.3 Å². The summed E-state index contributed by atoms with van der Waals surface area (Å²) in [5.74, 6) is 0.578. The highest BCUT2D eigenvalue weighted by atomic mass is 32.2. The maximum atomic E-state index is 11.8. The first-order valence-electron chi connectivity index (χ1n) is 6.70. The molecule has 6 nitrogen and oxygen atoms in total. The van der Waals surface area contributed by atoms with E-state index < -0.39 is 9.84 Å². The highest BCUT2D eigenvalue weighted by Crippen LogP contribution is 2.16. The molecular formula is C12H25N3O3S. The van der Waals surface area contributed by atoms with E-state index in [9.17, 15) is 13.2 Å². The van der Waals surface area contributed by atoms with Crippen LogP contribution in [0.15, 0.2) is 0 Å². The number of sulfone groups is 1. The molecule has 1 heterocycles. The molecule has 1 atom stereocenters. The molecule has 0 spiro atoms. The van der Waals surface area contributed by atoms with Crippen molar-refractivity contribution in [2.75, 3.05) is 45.2 Å². The van der Waals surface area contributed by atoms with Gasteiger partial charge >= 0.3 is 0 Å². The molecular weight excluding hydrogens is 266 g/mol. The number of carbonyl (C=O) groups excluding carboxylic acids is 1. The van der Waals surface area contributed by atoms with Crippen LogP contribution in [0.5, 0.6) is 0 Å². The van der Waals surface area contributed by atoms with E-state index in [2.05, 4.69) is 0 Å². The van der Waals surface area contributed by atoms with Crippen LogP contribution in [0.25, 0.3) is 0 Å². The second kappa shape index (κ2) is 7.21. The van der Waals surface area contributed by atoms with Gasteiger partial charge in [0.05, 0.1) is 11.5 Å². The molecule has 1 rings (SSSR count). The van der Waals surface area contributed by atoms with E-state index in [1.807, 2.05) is 11.9 Å². The van der Waals surface area contributed by atoms with Gasteiger partial charge in [-0.2, -0.15) is 0 Å². The third kappa shape index (κ3) is 5.46. The number of nitrogens with zero attached hydrogens (tertiary/aromatic N) is 2. The van der Waals surface area contributed by atoms with Crippen LogP contribution in [0.2, 0.25) is 0 Å². The summed E-state index contributed by atoms with van der Waals surface area (Å²) in [4.78, 5) is 15.5. The molecule has 0 aromatic rings. The average molecular weight is 291 g/mol. The Morgan fingerprint density at radius 2 is 2.00 bits per heavy atom. The van der Waals surface area contributed by atoms with Gasteiger partial charge in [-0.1, -0.05) is 0 Å². The minimum Gasteiger partial charge on any atom is -0.346 e. The summed E-state index contributed by atoms with van der Waals surface area (Å²) in [5, 5.41) is 0. The van der Waals surface area contributed by atoms with Crippen LogP contribution in [0, 0.1) is 0 Å². The van der Waals surface area contributed by atoms with E-state index in [1.165, 1.54) is 0 Å². The number of hydrogen-bond acceptors (Lipinski definition) is 5. The Kier molecular flexibility index (Phi) is 6.22. The first kappa shape index (κ1) is 16.4. The van der Waals surface area contributed by atoms with Crippen molar-refractivity contribution in [3.63, 3.8) is 0 Å². The number of carbonyl (C=O) groups is 1. The Balaban J connectivity index is 2.30. The topological polar surface area (TPSA) is 83.7 Å². The van der Waals surface area contributed by atoms with Gasteiger partial charge in [0.15, 0.2) is 9.84 Å². The van der Waals surface area contributed by atoms with Gasteiger partial charge in [-0.05, 0) is 26.4 Å². The molecule has 0 bridgehead atoms. The summed E-state index contributed by atoms with van der Waals surface area (Å²) in [6, 6.07) is 0.0622. The summed E-state index contributed by atoms with van der Waals surface area (Å²) >= 11 is 0. The molecule has 112 valence electrons. The zero-order valence-corrected chi connectivity index (χ0v) is 12.7. The number of hydrogen-bond donors (Lipinski definition) is 1. The molecule has 0 aromatic carbocycles. The van der Waals surface area contributed by atoms with Crippen LogP contribution < -0.4 is 5.73 Å². The lowest BCUT2D eigenvalue weighted by molar-refractivity contribution is -0.130. The van der Waals surface area contributed by atoms with Gasteiger partial charge in [-0.3, -0.25) is 4.79 Å². The Labute approximate surface area is 115 Å². The minimum atomic E-state index is -2.86. The fourth-order valence-corrected chi connectivity index (χ4v) is 4.03. The van der Waals surface area contributed by atoms with E-state index >= 15 is 0 Å². The molecule has 1 aliphatic rings. The number of nitrogens with two attached hydrogens (primary N) is 1. The summed E-state index contributed by atoms with van der Waals surface area (Å²) in [5.41, 5.74) is 5.40. The monoisotopic (exact) mass is 291 g/mol. The van der Waals surface area contributed by atoms with Crippen LogP contribution in [-0.2, 0) is 14.6 Å². The smallest absolute Gasteiger partial charge is 0.223 e. The van der Waals surface area contributed by atoms with E-state index in [0.717, 1.165) is 6.42 Å². The molecule has 1 aliphatic heterocycles. The van der Waals surface area contributed by atoms with Gasteiger partial charge in [-0.25, -0.2) is 8.42 Å². The largest absolute Gasteiger partial charge is 0.346 e. The SMILES string of the molecule is CN(CCCN)C(=O)CCN(C)C1CCS(=O)(=O)C1. The molecule has 7 heteroatoms. The minimum absolute atomic E-state index is 0.0622. The van der Waals surface area contributed by atoms with Gasteiger partial charge in [0.2, 0.25) is 5.91 Å². The van der Waals surface area contributed by atoms with E-state index in [0.29, 0.717) is 32.5 Å². The quantitative estimate of drug-likeness (QED) is 0.671. The van der Waals surface area contributed by atoms with Gasteiger partial charge in [-0.15, -0.1) is 0 Å². The molecule has 1 unspecified atom stereocenters. The Morgan fingerprint density at radius 1 is 1.32 bits per heavy atom. The van der Waals surface area contributed by atoms with E-state index in [-0.39, 0.29) is 23.5 Å². The molecule has 1 saturated heterocycles. The fraction of sp³-hybridized carbons (Fsp3) is 0.917. The first-order valence-corrected chi connectivity index (χ1v) is 8.52. The highest BCUT2D eigenvalue weighted by Gasteiger charge is 2.30. The molecule has 0 radical (unpaired) electrons. The van der Waals surface area contributed by atoms with Crippen molar-refractivity contribution < 1.29 is 13.2 Å². The Morgan fingerprint density at radius 3 is 2.53 bits per heavy atom. The van der Waals surface area contributed by atoms with Crippen LogP contribution in [0.1, 0.15) is 19.3 Å². The third-order valence-corrected chi connectivity index (χ3v) is 5.38. The Hall–Kier alpha value is -0.660. The van der Waals surface area contributed by atoms with Crippen molar-refractivity contribution in [1.82, 2.24) is 9.80 Å².